The minimum absolute atomic E-state index is 0.0599. The third kappa shape index (κ3) is 3.30. The minimum atomic E-state index is -0.0599. The first-order chi connectivity index (χ1) is 9.49. The van der Waals surface area contributed by atoms with E-state index in [1.54, 1.807) is 0 Å². The van der Waals surface area contributed by atoms with Gasteiger partial charge in [0.2, 0.25) is 0 Å². The number of nitrogens with two attached hydrogens (primary N) is 1. The highest BCUT2D eigenvalue weighted by Crippen LogP contribution is 2.16. The molecule has 1 aromatic heterocycles. The van der Waals surface area contributed by atoms with E-state index in [1.807, 2.05) is 11.8 Å². The topological polar surface area (TPSA) is 78.2 Å². The van der Waals surface area contributed by atoms with Crippen LogP contribution in [0, 0.1) is 12.8 Å². The van der Waals surface area contributed by atoms with E-state index in [2.05, 4.69) is 28.9 Å². The van der Waals surface area contributed by atoms with E-state index in [9.17, 15) is 4.79 Å². The number of aryl methyl sites for hydroxylation is 1. The number of anilines is 1. The van der Waals surface area contributed by atoms with Crippen LogP contribution in [0.3, 0.4) is 0 Å². The molecule has 1 aromatic rings. The fraction of sp³-hybridized carbons (Fsp3) is 0.714. The van der Waals surface area contributed by atoms with Gasteiger partial charge < -0.3 is 10.6 Å². The monoisotopic (exact) mass is 279 g/mol. The van der Waals surface area contributed by atoms with Crippen LogP contribution in [0.25, 0.3) is 0 Å². The normalized spacial score (nSPS) is 16.9. The Balaban J connectivity index is 1.87. The number of carbonyl (C=O) groups excluding carboxylic acids is 1. The van der Waals surface area contributed by atoms with Crippen molar-refractivity contribution in [2.75, 3.05) is 38.5 Å². The Hall–Kier alpha value is -1.56. The smallest absolute Gasteiger partial charge is 0.276 e. The minimum Gasteiger partial charge on any atom is -0.395 e. The molecule has 2 rings (SSSR count). The van der Waals surface area contributed by atoms with Crippen molar-refractivity contribution in [3.63, 3.8) is 0 Å². The van der Waals surface area contributed by atoms with Crippen molar-refractivity contribution in [3.8, 4) is 0 Å². The maximum Gasteiger partial charge on any atom is 0.276 e. The number of nitrogens with one attached hydrogen (secondary N) is 1. The lowest BCUT2D eigenvalue weighted by Crippen LogP contribution is -2.49. The molecule has 2 heterocycles. The van der Waals surface area contributed by atoms with E-state index < -0.39 is 0 Å². The van der Waals surface area contributed by atoms with Crippen LogP contribution in [0.1, 0.15) is 36.5 Å². The van der Waals surface area contributed by atoms with Crippen LogP contribution >= 0.6 is 0 Å². The van der Waals surface area contributed by atoms with Gasteiger partial charge in [0.1, 0.15) is 0 Å². The summed E-state index contributed by atoms with van der Waals surface area (Å²) < 4.78 is 0. The number of amides is 1. The summed E-state index contributed by atoms with van der Waals surface area (Å²) in [5.41, 5.74) is 7.45. The van der Waals surface area contributed by atoms with Crippen LogP contribution < -0.4 is 5.73 Å². The molecular formula is C14H25N5O. The predicted octanol–water partition coefficient (Wildman–Crippen LogP) is 1.10. The van der Waals surface area contributed by atoms with Crippen molar-refractivity contribution in [2.24, 2.45) is 5.92 Å². The lowest BCUT2D eigenvalue weighted by atomic mass is 10.1. The number of nitrogen functional groups attached to an aromatic ring is 1. The van der Waals surface area contributed by atoms with Gasteiger partial charge in [0.05, 0.1) is 11.4 Å². The van der Waals surface area contributed by atoms with Gasteiger partial charge in [0.25, 0.3) is 5.91 Å². The molecule has 6 nitrogen and oxygen atoms in total. The number of hydrogen-bond donors (Lipinski definition) is 2. The molecule has 20 heavy (non-hydrogen) atoms. The third-order valence-corrected chi connectivity index (χ3v) is 3.88. The van der Waals surface area contributed by atoms with Crippen LogP contribution in [0.2, 0.25) is 0 Å². The lowest BCUT2D eigenvalue weighted by Gasteiger charge is -2.34. The summed E-state index contributed by atoms with van der Waals surface area (Å²) in [6.45, 7) is 10.8. The zero-order chi connectivity index (χ0) is 14.7. The first-order valence-electron chi connectivity index (χ1n) is 7.31. The highest BCUT2D eigenvalue weighted by molar-refractivity contribution is 5.97. The molecule has 0 unspecified atom stereocenters. The second kappa shape index (κ2) is 6.26. The molecule has 112 valence electrons. The Bertz CT molecular complexity index is 460. The SMILES string of the molecule is Cc1[nH]nc(C(=O)N2CCN(CCC(C)C)CC2)c1N. The van der Waals surface area contributed by atoms with E-state index >= 15 is 0 Å². The second-order valence-corrected chi connectivity index (χ2v) is 5.93. The molecule has 0 radical (unpaired) electrons. The highest BCUT2D eigenvalue weighted by atomic mass is 16.2. The number of nitrogens with zero attached hydrogens (tertiary/aromatic N) is 3. The van der Waals surface area contributed by atoms with E-state index in [0.717, 1.165) is 44.3 Å². The molecule has 0 atom stereocenters. The van der Waals surface area contributed by atoms with Gasteiger partial charge in [-0.3, -0.25) is 14.8 Å². The summed E-state index contributed by atoms with van der Waals surface area (Å²) in [5.74, 6) is 0.664. The molecule has 1 aliphatic rings. The van der Waals surface area contributed by atoms with Crippen molar-refractivity contribution < 1.29 is 4.79 Å². The first kappa shape index (κ1) is 14.8. The molecule has 0 spiro atoms. The Kier molecular flexibility index (Phi) is 4.65. The molecule has 1 amide bonds. The molecule has 1 fully saturated rings. The fourth-order valence-electron chi connectivity index (χ4n) is 2.37. The number of aromatic nitrogens is 2. The number of carbonyl (C=O) groups is 1. The quantitative estimate of drug-likeness (QED) is 0.865. The zero-order valence-electron chi connectivity index (χ0n) is 12.6. The Labute approximate surface area is 120 Å². The molecule has 6 heteroatoms. The van der Waals surface area contributed by atoms with Crippen molar-refractivity contribution in [2.45, 2.75) is 27.2 Å². The standard InChI is InChI=1S/C14H25N5O/c1-10(2)4-5-18-6-8-19(9-7-18)14(20)13-12(15)11(3)16-17-13/h10H,4-9,15H2,1-3H3,(H,16,17). The van der Waals surface area contributed by atoms with Crippen LogP contribution in [0.5, 0.6) is 0 Å². The third-order valence-electron chi connectivity index (χ3n) is 3.88. The van der Waals surface area contributed by atoms with Crippen LogP contribution in [0.4, 0.5) is 5.69 Å². The molecule has 1 saturated heterocycles. The average molecular weight is 279 g/mol. The van der Waals surface area contributed by atoms with Gasteiger partial charge in [-0.05, 0) is 25.8 Å². The number of hydrogen-bond acceptors (Lipinski definition) is 4. The summed E-state index contributed by atoms with van der Waals surface area (Å²) in [7, 11) is 0. The van der Waals surface area contributed by atoms with Crippen molar-refractivity contribution in [1.82, 2.24) is 20.0 Å². The molecule has 0 aliphatic carbocycles. The van der Waals surface area contributed by atoms with Crippen LogP contribution in [0.15, 0.2) is 0 Å². The largest absolute Gasteiger partial charge is 0.395 e. The zero-order valence-corrected chi connectivity index (χ0v) is 12.6. The van der Waals surface area contributed by atoms with Crippen molar-refractivity contribution in [3.05, 3.63) is 11.4 Å². The number of rotatable bonds is 4. The van der Waals surface area contributed by atoms with E-state index in [1.165, 1.54) is 6.42 Å². The van der Waals surface area contributed by atoms with Gasteiger partial charge in [-0.1, -0.05) is 13.8 Å². The van der Waals surface area contributed by atoms with E-state index in [0.29, 0.717) is 11.4 Å². The predicted molar refractivity (Wildman–Crippen MR) is 79.5 cm³/mol. The van der Waals surface area contributed by atoms with Crippen molar-refractivity contribution in [1.29, 1.82) is 0 Å². The van der Waals surface area contributed by atoms with Gasteiger partial charge in [0, 0.05) is 26.2 Å². The van der Waals surface area contributed by atoms with Crippen LogP contribution in [-0.2, 0) is 0 Å². The van der Waals surface area contributed by atoms with Gasteiger partial charge >= 0.3 is 0 Å². The fourth-order valence-corrected chi connectivity index (χ4v) is 2.37. The Morgan fingerprint density at radius 3 is 2.50 bits per heavy atom. The van der Waals surface area contributed by atoms with Crippen LogP contribution in [-0.4, -0.2) is 58.6 Å². The number of piperazine rings is 1. The van der Waals surface area contributed by atoms with Gasteiger partial charge in [0.15, 0.2) is 5.69 Å². The van der Waals surface area contributed by atoms with E-state index in [-0.39, 0.29) is 5.91 Å². The average Bonchev–Trinajstić information content (AvgIpc) is 2.76. The molecular weight excluding hydrogens is 254 g/mol. The van der Waals surface area contributed by atoms with Gasteiger partial charge in [-0.15, -0.1) is 0 Å². The molecule has 1 aliphatic heterocycles. The summed E-state index contributed by atoms with van der Waals surface area (Å²) >= 11 is 0. The molecule has 0 saturated carbocycles. The van der Waals surface area contributed by atoms with Gasteiger partial charge in [-0.25, -0.2) is 0 Å². The summed E-state index contributed by atoms with van der Waals surface area (Å²) in [6, 6.07) is 0. The summed E-state index contributed by atoms with van der Waals surface area (Å²) in [5, 5.41) is 6.78. The van der Waals surface area contributed by atoms with Crippen molar-refractivity contribution >= 4 is 11.6 Å². The number of aromatic amines is 1. The maximum absolute atomic E-state index is 12.4. The maximum atomic E-state index is 12.4. The summed E-state index contributed by atoms with van der Waals surface area (Å²) in [6.07, 6.45) is 1.21. The Morgan fingerprint density at radius 2 is 2.00 bits per heavy atom. The van der Waals surface area contributed by atoms with E-state index in [4.69, 9.17) is 5.73 Å². The number of H-pyrrole nitrogens is 1. The summed E-state index contributed by atoms with van der Waals surface area (Å²) in [4.78, 5) is 16.6. The molecule has 3 N–H and O–H groups in total. The first-order valence-corrected chi connectivity index (χ1v) is 7.31. The lowest BCUT2D eigenvalue weighted by molar-refractivity contribution is 0.0627. The molecule has 0 bridgehead atoms. The van der Waals surface area contributed by atoms with Gasteiger partial charge in [-0.2, -0.15) is 5.10 Å². The molecule has 0 aromatic carbocycles. The Morgan fingerprint density at radius 1 is 1.35 bits per heavy atom. The highest BCUT2D eigenvalue weighted by Gasteiger charge is 2.25. The second-order valence-electron chi connectivity index (χ2n) is 5.93.